The summed E-state index contributed by atoms with van der Waals surface area (Å²) < 4.78 is 5.36. The number of rotatable bonds is 2. The lowest BCUT2D eigenvalue weighted by molar-refractivity contribution is 0.230. The highest BCUT2D eigenvalue weighted by molar-refractivity contribution is 5.19. The van der Waals surface area contributed by atoms with Crippen LogP contribution in [0, 0.1) is 13.3 Å². The second-order valence-corrected chi connectivity index (χ2v) is 2.62. The van der Waals surface area contributed by atoms with Crippen molar-refractivity contribution >= 4 is 0 Å². The molecule has 0 N–H and O–H groups in total. The first-order valence-corrected chi connectivity index (χ1v) is 3.56. The number of hydrogen-bond acceptors (Lipinski definition) is 3. The Kier molecular flexibility index (Phi) is 2.41. The van der Waals surface area contributed by atoms with Crippen LogP contribution in [0.5, 0.6) is 5.88 Å². The van der Waals surface area contributed by atoms with Crippen LogP contribution in [-0.2, 0) is 0 Å². The van der Waals surface area contributed by atoms with Crippen molar-refractivity contribution in [1.82, 2.24) is 9.97 Å². The fourth-order valence-corrected chi connectivity index (χ4v) is 0.686. The Hall–Kier alpha value is -1.12. The van der Waals surface area contributed by atoms with Crippen molar-refractivity contribution < 1.29 is 4.74 Å². The Morgan fingerprint density at radius 3 is 2.82 bits per heavy atom. The van der Waals surface area contributed by atoms with Gasteiger partial charge in [-0.05, 0) is 20.8 Å². The molecule has 0 aliphatic heterocycles. The molecule has 0 fully saturated rings. The lowest BCUT2D eigenvalue weighted by atomic mass is 10.4. The SMILES string of the molecule is Cc1cn[c]nc1OC(C)C. The Bertz CT molecular complexity index is 235. The van der Waals surface area contributed by atoms with Gasteiger partial charge in [-0.3, -0.25) is 0 Å². The Balaban J connectivity index is 2.78. The molecule has 0 amide bonds. The minimum absolute atomic E-state index is 0.150. The highest BCUT2D eigenvalue weighted by Gasteiger charge is 2.01. The first-order chi connectivity index (χ1) is 5.20. The van der Waals surface area contributed by atoms with Crippen LogP contribution < -0.4 is 4.74 Å². The van der Waals surface area contributed by atoms with E-state index in [2.05, 4.69) is 16.3 Å². The molecular formula is C8H11N2O. The van der Waals surface area contributed by atoms with E-state index < -0.39 is 0 Å². The largest absolute Gasteiger partial charge is 0.475 e. The van der Waals surface area contributed by atoms with E-state index in [9.17, 15) is 0 Å². The molecule has 1 aromatic rings. The predicted octanol–water partition coefficient (Wildman–Crippen LogP) is 1.37. The Morgan fingerprint density at radius 1 is 1.55 bits per heavy atom. The molecular weight excluding hydrogens is 140 g/mol. The Morgan fingerprint density at radius 2 is 2.27 bits per heavy atom. The van der Waals surface area contributed by atoms with Crippen LogP contribution in [0.2, 0.25) is 0 Å². The molecule has 11 heavy (non-hydrogen) atoms. The quantitative estimate of drug-likeness (QED) is 0.640. The lowest BCUT2D eigenvalue weighted by Crippen LogP contribution is -2.08. The van der Waals surface area contributed by atoms with Crippen LogP contribution in [-0.4, -0.2) is 16.1 Å². The summed E-state index contributed by atoms with van der Waals surface area (Å²) in [6.07, 6.45) is 4.32. The van der Waals surface area contributed by atoms with Crippen LogP contribution in [0.1, 0.15) is 19.4 Å². The topological polar surface area (TPSA) is 35.0 Å². The smallest absolute Gasteiger partial charge is 0.220 e. The molecule has 0 aliphatic rings. The fourth-order valence-electron chi connectivity index (χ4n) is 0.686. The zero-order chi connectivity index (χ0) is 8.27. The monoisotopic (exact) mass is 151 g/mol. The van der Waals surface area contributed by atoms with E-state index in [1.807, 2.05) is 20.8 Å². The van der Waals surface area contributed by atoms with E-state index in [1.54, 1.807) is 6.20 Å². The molecule has 1 aromatic heterocycles. The zero-order valence-electron chi connectivity index (χ0n) is 6.96. The molecule has 1 radical (unpaired) electrons. The van der Waals surface area contributed by atoms with Crippen molar-refractivity contribution in [3.63, 3.8) is 0 Å². The lowest BCUT2D eigenvalue weighted by Gasteiger charge is -2.08. The maximum atomic E-state index is 5.36. The highest BCUT2D eigenvalue weighted by atomic mass is 16.5. The van der Waals surface area contributed by atoms with Gasteiger partial charge in [-0.25, -0.2) is 4.98 Å². The van der Waals surface area contributed by atoms with Crippen molar-refractivity contribution in [1.29, 1.82) is 0 Å². The van der Waals surface area contributed by atoms with Crippen LogP contribution >= 0.6 is 0 Å². The highest BCUT2D eigenvalue weighted by Crippen LogP contribution is 2.11. The van der Waals surface area contributed by atoms with Gasteiger partial charge in [0.1, 0.15) is 0 Å². The van der Waals surface area contributed by atoms with Crippen molar-refractivity contribution in [2.75, 3.05) is 0 Å². The van der Waals surface area contributed by atoms with Gasteiger partial charge in [0.2, 0.25) is 12.2 Å². The van der Waals surface area contributed by atoms with E-state index in [4.69, 9.17) is 4.74 Å². The summed E-state index contributed by atoms with van der Waals surface area (Å²) in [6, 6.07) is 0. The number of aromatic nitrogens is 2. The number of aryl methyl sites for hydroxylation is 1. The first-order valence-electron chi connectivity index (χ1n) is 3.56. The van der Waals surface area contributed by atoms with E-state index in [0.717, 1.165) is 5.56 Å². The van der Waals surface area contributed by atoms with E-state index in [0.29, 0.717) is 5.88 Å². The molecule has 0 bridgehead atoms. The van der Waals surface area contributed by atoms with E-state index >= 15 is 0 Å². The standard InChI is InChI=1S/C8H11N2O/c1-6(2)11-8-7(3)4-9-5-10-8/h4,6H,1-3H3. The molecule has 0 saturated heterocycles. The molecule has 59 valence electrons. The summed E-state index contributed by atoms with van der Waals surface area (Å²) >= 11 is 0. The van der Waals surface area contributed by atoms with Gasteiger partial charge in [-0.2, -0.15) is 4.98 Å². The van der Waals surface area contributed by atoms with Gasteiger partial charge in [-0.15, -0.1) is 0 Å². The van der Waals surface area contributed by atoms with Gasteiger partial charge in [0.15, 0.2) is 0 Å². The maximum Gasteiger partial charge on any atom is 0.220 e. The molecule has 1 rings (SSSR count). The van der Waals surface area contributed by atoms with E-state index in [-0.39, 0.29) is 6.10 Å². The van der Waals surface area contributed by atoms with E-state index in [1.165, 1.54) is 0 Å². The maximum absolute atomic E-state index is 5.36. The summed E-state index contributed by atoms with van der Waals surface area (Å²) in [5.41, 5.74) is 0.942. The molecule has 3 nitrogen and oxygen atoms in total. The van der Waals surface area contributed by atoms with Gasteiger partial charge in [0.25, 0.3) is 0 Å². The summed E-state index contributed by atoms with van der Waals surface area (Å²) in [7, 11) is 0. The minimum atomic E-state index is 0.150. The average molecular weight is 151 g/mol. The van der Waals surface area contributed by atoms with Gasteiger partial charge >= 0.3 is 0 Å². The summed E-state index contributed by atoms with van der Waals surface area (Å²) in [4.78, 5) is 7.60. The molecule has 0 atom stereocenters. The minimum Gasteiger partial charge on any atom is -0.475 e. The van der Waals surface area contributed by atoms with Gasteiger partial charge in [0, 0.05) is 11.8 Å². The number of hydrogen-bond donors (Lipinski definition) is 0. The fraction of sp³-hybridized carbons (Fsp3) is 0.500. The molecule has 0 aliphatic carbocycles. The molecule has 0 spiro atoms. The Labute approximate surface area is 66.4 Å². The van der Waals surface area contributed by atoms with Crippen LogP contribution in [0.15, 0.2) is 6.20 Å². The van der Waals surface area contributed by atoms with Gasteiger partial charge in [-0.1, -0.05) is 0 Å². The van der Waals surface area contributed by atoms with Crippen LogP contribution in [0.3, 0.4) is 0 Å². The normalized spacial score (nSPS) is 10.2. The summed E-state index contributed by atoms with van der Waals surface area (Å²) in [5.74, 6) is 0.620. The average Bonchev–Trinajstić information content (AvgIpc) is 1.93. The van der Waals surface area contributed by atoms with Crippen LogP contribution in [0.25, 0.3) is 0 Å². The summed E-state index contributed by atoms with van der Waals surface area (Å²) in [6.45, 7) is 5.83. The second kappa shape index (κ2) is 3.32. The first kappa shape index (κ1) is 7.98. The summed E-state index contributed by atoms with van der Waals surface area (Å²) in [5, 5.41) is 0. The molecule has 3 heteroatoms. The molecule has 0 saturated carbocycles. The predicted molar refractivity (Wildman–Crippen MR) is 41.4 cm³/mol. The van der Waals surface area contributed by atoms with Gasteiger partial charge in [0.05, 0.1) is 6.10 Å². The van der Waals surface area contributed by atoms with Crippen molar-refractivity contribution in [3.8, 4) is 5.88 Å². The second-order valence-electron chi connectivity index (χ2n) is 2.62. The van der Waals surface area contributed by atoms with Crippen LogP contribution in [0.4, 0.5) is 0 Å². The molecule has 0 aromatic carbocycles. The van der Waals surface area contributed by atoms with Crippen molar-refractivity contribution in [2.24, 2.45) is 0 Å². The third-order valence-electron chi connectivity index (χ3n) is 1.15. The third-order valence-corrected chi connectivity index (χ3v) is 1.15. The van der Waals surface area contributed by atoms with Crippen molar-refractivity contribution in [2.45, 2.75) is 26.9 Å². The zero-order valence-corrected chi connectivity index (χ0v) is 6.96. The number of ether oxygens (including phenoxy) is 1. The molecule has 0 unspecified atom stereocenters. The third kappa shape index (κ3) is 2.18. The molecule has 1 heterocycles. The number of nitrogens with zero attached hydrogens (tertiary/aromatic N) is 2. The van der Waals surface area contributed by atoms with Crippen molar-refractivity contribution in [3.05, 3.63) is 18.1 Å². The van der Waals surface area contributed by atoms with Gasteiger partial charge < -0.3 is 4.74 Å².